The normalized spacial score (nSPS) is 11.1. The largest absolute Gasteiger partial charge is 0.460 e. The molecular weight excluding hydrogens is 352 g/mol. The van der Waals surface area contributed by atoms with Gasteiger partial charge in [0.05, 0.1) is 5.56 Å². The van der Waals surface area contributed by atoms with Crippen LogP contribution in [-0.4, -0.2) is 5.78 Å². The maximum absolute atomic E-state index is 13.1. The minimum absolute atomic E-state index is 0.0351. The minimum atomic E-state index is 0.0351. The van der Waals surface area contributed by atoms with Gasteiger partial charge >= 0.3 is 0 Å². The molecule has 2 aromatic carbocycles. The van der Waals surface area contributed by atoms with Crippen molar-refractivity contribution in [3.8, 4) is 0 Å². The number of carbonyl (C=O) groups excluding carboxylic acids is 1. The number of hydrogen-bond acceptors (Lipinski definition) is 2. The molecule has 2 nitrogen and oxygen atoms in total. The molecule has 23 heavy (non-hydrogen) atoms. The molecule has 1 heterocycles. The number of furan rings is 1. The fourth-order valence-corrected chi connectivity index (χ4v) is 3.09. The van der Waals surface area contributed by atoms with Crippen molar-refractivity contribution in [3.63, 3.8) is 0 Å². The second-order valence-corrected chi connectivity index (χ2v) is 6.76. The van der Waals surface area contributed by atoms with E-state index in [1.54, 1.807) is 0 Å². The van der Waals surface area contributed by atoms with Gasteiger partial charge in [0.1, 0.15) is 11.3 Å². The second kappa shape index (κ2) is 6.71. The lowest BCUT2D eigenvalue weighted by Crippen LogP contribution is -2.04. The van der Waals surface area contributed by atoms with Crippen LogP contribution in [0, 0.1) is 6.92 Å². The first kappa shape index (κ1) is 16.0. The van der Waals surface area contributed by atoms with Gasteiger partial charge < -0.3 is 4.42 Å². The Morgan fingerprint density at radius 2 is 1.87 bits per heavy atom. The van der Waals surface area contributed by atoms with E-state index in [-0.39, 0.29) is 5.78 Å². The molecule has 0 saturated carbocycles. The van der Waals surface area contributed by atoms with Crippen LogP contribution in [0.2, 0.25) is 0 Å². The topological polar surface area (TPSA) is 30.2 Å². The van der Waals surface area contributed by atoms with Crippen molar-refractivity contribution < 1.29 is 9.21 Å². The molecule has 0 aliphatic heterocycles. The maximum atomic E-state index is 13.1. The van der Waals surface area contributed by atoms with Gasteiger partial charge in [0.2, 0.25) is 0 Å². The summed E-state index contributed by atoms with van der Waals surface area (Å²) in [7, 11) is 0. The zero-order valence-electron chi connectivity index (χ0n) is 13.4. The summed E-state index contributed by atoms with van der Waals surface area (Å²) in [4.78, 5) is 13.1. The highest BCUT2D eigenvalue weighted by molar-refractivity contribution is 9.10. The van der Waals surface area contributed by atoms with Gasteiger partial charge in [-0.2, -0.15) is 0 Å². The molecule has 3 rings (SSSR count). The van der Waals surface area contributed by atoms with Gasteiger partial charge in [0, 0.05) is 21.8 Å². The lowest BCUT2D eigenvalue weighted by Gasteiger charge is -2.03. The summed E-state index contributed by atoms with van der Waals surface area (Å²) in [6, 6.07) is 13.5. The summed E-state index contributed by atoms with van der Waals surface area (Å²) in [5.74, 6) is 0.832. The van der Waals surface area contributed by atoms with Crippen LogP contribution < -0.4 is 0 Å². The van der Waals surface area contributed by atoms with Gasteiger partial charge in [0.15, 0.2) is 5.78 Å². The molecule has 0 N–H and O–H groups in total. The van der Waals surface area contributed by atoms with Gasteiger partial charge in [0.25, 0.3) is 0 Å². The van der Waals surface area contributed by atoms with Crippen LogP contribution >= 0.6 is 15.9 Å². The maximum Gasteiger partial charge on any atom is 0.197 e. The quantitative estimate of drug-likeness (QED) is 0.509. The number of unbranched alkanes of at least 4 members (excludes halogenated alkanes) is 1. The third-order valence-electron chi connectivity index (χ3n) is 4.02. The second-order valence-electron chi connectivity index (χ2n) is 5.84. The van der Waals surface area contributed by atoms with Gasteiger partial charge in [-0.25, -0.2) is 0 Å². The highest BCUT2D eigenvalue weighted by Crippen LogP contribution is 2.31. The zero-order chi connectivity index (χ0) is 16.4. The number of aryl methyl sites for hydroxylation is 2. The average Bonchev–Trinajstić information content (AvgIpc) is 2.90. The zero-order valence-corrected chi connectivity index (χ0v) is 14.9. The number of carbonyl (C=O) groups is 1. The molecule has 118 valence electrons. The van der Waals surface area contributed by atoms with Crippen molar-refractivity contribution in [2.75, 3.05) is 0 Å². The standard InChI is InChI=1S/C20H19BrO2/c1-3-4-5-18-19(16-12-15(21)10-11-17(16)23-18)20(22)14-8-6-13(2)7-9-14/h6-12H,3-5H2,1-2H3. The lowest BCUT2D eigenvalue weighted by atomic mass is 9.98. The number of halogens is 1. The summed E-state index contributed by atoms with van der Waals surface area (Å²) < 4.78 is 6.93. The Morgan fingerprint density at radius 1 is 1.13 bits per heavy atom. The van der Waals surface area contributed by atoms with E-state index < -0.39 is 0 Å². The van der Waals surface area contributed by atoms with Crippen LogP contribution in [0.15, 0.2) is 51.4 Å². The highest BCUT2D eigenvalue weighted by atomic mass is 79.9. The first-order chi connectivity index (χ1) is 11.1. The molecule has 0 radical (unpaired) electrons. The van der Waals surface area contributed by atoms with E-state index >= 15 is 0 Å². The molecule has 3 aromatic rings. The smallest absolute Gasteiger partial charge is 0.197 e. The van der Waals surface area contributed by atoms with E-state index in [1.807, 2.05) is 49.4 Å². The molecule has 1 aromatic heterocycles. The predicted molar refractivity (Wildman–Crippen MR) is 97.1 cm³/mol. The molecule has 3 heteroatoms. The third-order valence-corrected chi connectivity index (χ3v) is 4.51. The summed E-state index contributed by atoms with van der Waals surface area (Å²) in [6.07, 6.45) is 2.86. The Hall–Kier alpha value is -1.87. The molecule has 0 fully saturated rings. The van der Waals surface area contributed by atoms with E-state index in [9.17, 15) is 4.79 Å². The average molecular weight is 371 g/mol. The first-order valence-electron chi connectivity index (χ1n) is 7.92. The van der Waals surface area contributed by atoms with Crippen molar-refractivity contribution in [3.05, 3.63) is 69.4 Å². The number of rotatable bonds is 5. The van der Waals surface area contributed by atoms with E-state index in [0.29, 0.717) is 11.1 Å². The number of fused-ring (bicyclic) bond motifs is 1. The predicted octanol–water partition coefficient (Wildman–Crippen LogP) is 6.08. The molecule has 0 aliphatic carbocycles. The number of ketones is 1. The summed E-state index contributed by atoms with van der Waals surface area (Å²) >= 11 is 3.49. The minimum Gasteiger partial charge on any atom is -0.460 e. The fraction of sp³-hybridized carbons (Fsp3) is 0.250. The Labute approximate surface area is 144 Å². The van der Waals surface area contributed by atoms with Gasteiger partial charge in [-0.05, 0) is 31.5 Å². The molecule has 0 unspecified atom stereocenters. The number of hydrogen-bond donors (Lipinski definition) is 0. The van der Waals surface area contributed by atoms with Crippen molar-refractivity contribution >= 4 is 32.7 Å². The van der Waals surface area contributed by atoms with E-state index in [1.165, 1.54) is 0 Å². The van der Waals surface area contributed by atoms with Gasteiger partial charge in [-0.15, -0.1) is 0 Å². The Bertz CT molecular complexity index is 844. The van der Waals surface area contributed by atoms with Crippen LogP contribution in [0.3, 0.4) is 0 Å². The molecule has 0 spiro atoms. The van der Waals surface area contributed by atoms with E-state index in [0.717, 1.165) is 46.0 Å². The third kappa shape index (κ3) is 3.25. The Morgan fingerprint density at radius 3 is 2.57 bits per heavy atom. The summed E-state index contributed by atoms with van der Waals surface area (Å²) in [5, 5.41) is 0.885. The first-order valence-corrected chi connectivity index (χ1v) is 8.71. The van der Waals surface area contributed by atoms with Crippen molar-refractivity contribution in [2.45, 2.75) is 33.1 Å². The van der Waals surface area contributed by atoms with E-state index in [4.69, 9.17) is 4.42 Å². The fourth-order valence-electron chi connectivity index (χ4n) is 2.73. The lowest BCUT2D eigenvalue weighted by molar-refractivity contribution is 0.103. The van der Waals surface area contributed by atoms with Gasteiger partial charge in [-0.3, -0.25) is 4.79 Å². The molecule has 0 amide bonds. The molecule has 0 aliphatic rings. The van der Waals surface area contributed by atoms with Crippen LogP contribution in [0.5, 0.6) is 0 Å². The summed E-state index contributed by atoms with van der Waals surface area (Å²) in [5.41, 5.74) is 3.33. The molecular formula is C20H19BrO2. The van der Waals surface area contributed by atoms with Crippen LogP contribution in [-0.2, 0) is 6.42 Å². The van der Waals surface area contributed by atoms with Crippen LogP contribution in [0.1, 0.15) is 47.0 Å². The Kier molecular flexibility index (Phi) is 4.67. The van der Waals surface area contributed by atoms with Crippen molar-refractivity contribution in [1.82, 2.24) is 0 Å². The van der Waals surface area contributed by atoms with Gasteiger partial charge in [-0.1, -0.05) is 59.1 Å². The van der Waals surface area contributed by atoms with Crippen molar-refractivity contribution in [2.24, 2.45) is 0 Å². The number of benzene rings is 2. The van der Waals surface area contributed by atoms with Crippen molar-refractivity contribution in [1.29, 1.82) is 0 Å². The summed E-state index contributed by atoms with van der Waals surface area (Å²) in [6.45, 7) is 4.16. The van der Waals surface area contributed by atoms with Crippen LogP contribution in [0.25, 0.3) is 11.0 Å². The van der Waals surface area contributed by atoms with Crippen LogP contribution in [0.4, 0.5) is 0 Å². The molecule has 0 atom stereocenters. The highest BCUT2D eigenvalue weighted by Gasteiger charge is 2.21. The molecule has 0 saturated heterocycles. The Balaban J connectivity index is 2.14. The molecule has 0 bridgehead atoms. The monoisotopic (exact) mass is 370 g/mol. The SMILES string of the molecule is CCCCc1oc2ccc(Br)cc2c1C(=O)c1ccc(C)cc1. The van der Waals surface area contributed by atoms with E-state index in [2.05, 4.69) is 22.9 Å².